The summed E-state index contributed by atoms with van der Waals surface area (Å²) in [6.45, 7) is 4.34. The number of hydrogen-bond donors (Lipinski definition) is 2. The molecule has 2 heterocycles. The topological polar surface area (TPSA) is 87.7 Å². The number of halogens is 1. The summed E-state index contributed by atoms with van der Waals surface area (Å²) in [6, 6.07) is 4.89. The highest BCUT2D eigenvalue weighted by Crippen LogP contribution is 2.34. The third-order valence-electron chi connectivity index (χ3n) is 4.48. The van der Waals surface area contributed by atoms with Crippen molar-refractivity contribution in [3.05, 3.63) is 23.2 Å². The number of rotatable bonds is 3. The van der Waals surface area contributed by atoms with Gasteiger partial charge in [-0.05, 0) is 25.5 Å². The number of ether oxygens (including phenoxy) is 1. The Balaban J connectivity index is 1.74. The number of hydrogen-bond acceptors (Lipinski definition) is 5. The lowest BCUT2D eigenvalue weighted by molar-refractivity contribution is 0.123. The molecule has 0 spiro atoms. The Morgan fingerprint density at radius 3 is 2.68 bits per heavy atom. The smallest absolute Gasteiger partial charge is 0.319 e. The van der Waals surface area contributed by atoms with Crippen LogP contribution in [0.25, 0.3) is 0 Å². The molecule has 0 unspecified atom stereocenters. The van der Waals surface area contributed by atoms with Crippen molar-refractivity contribution in [1.82, 2.24) is 5.32 Å². The van der Waals surface area contributed by atoms with Crippen molar-refractivity contribution in [3.8, 4) is 0 Å². The van der Waals surface area contributed by atoms with E-state index < -0.39 is 21.4 Å². The first-order valence-corrected chi connectivity index (χ1v) is 10.4. The molecule has 3 rings (SSSR count). The summed E-state index contributed by atoms with van der Waals surface area (Å²) in [6.07, 6.45) is 0.411. The van der Waals surface area contributed by atoms with Crippen LogP contribution in [-0.4, -0.2) is 57.8 Å². The van der Waals surface area contributed by atoms with Crippen LogP contribution < -0.4 is 15.5 Å². The molecule has 2 fully saturated rings. The fourth-order valence-electron chi connectivity index (χ4n) is 3.26. The average Bonchev–Trinajstić information content (AvgIpc) is 2.81. The average molecular weight is 388 g/mol. The Morgan fingerprint density at radius 2 is 2.04 bits per heavy atom. The van der Waals surface area contributed by atoms with Crippen molar-refractivity contribution in [2.75, 3.05) is 48.0 Å². The Bertz CT molecular complexity index is 765. The Labute approximate surface area is 152 Å². The monoisotopic (exact) mass is 387 g/mol. The molecule has 7 nitrogen and oxygen atoms in total. The molecule has 2 aliphatic rings. The second kappa shape index (κ2) is 7.01. The minimum Gasteiger partial charge on any atom is -0.378 e. The number of morpholine rings is 1. The lowest BCUT2D eigenvalue weighted by Gasteiger charge is -2.31. The molecule has 2 saturated heterocycles. The van der Waals surface area contributed by atoms with Crippen LogP contribution in [-0.2, 0) is 14.6 Å². The molecule has 2 aliphatic heterocycles. The third-order valence-corrected chi connectivity index (χ3v) is 6.69. The third kappa shape index (κ3) is 4.37. The van der Waals surface area contributed by atoms with Gasteiger partial charge in [0.1, 0.15) is 0 Å². The number of nitrogens with zero attached hydrogens (tertiary/aromatic N) is 1. The van der Waals surface area contributed by atoms with Gasteiger partial charge < -0.3 is 20.3 Å². The van der Waals surface area contributed by atoms with Crippen LogP contribution in [0.5, 0.6) is 0 Å². The fourth-order valence-corrected chi connectivity index (χ4v) is 5.65. The SMILES string of the molecule is C[C@@]1(NC(=O)Nc2cccc(Cl)c2N2CCOCC2)CCS(=O)(=O)C1. The van der Waals surface area contributed by atoms with Gasteiger partial charge in [0.15, 0.2) is 9.84 Å². The molecule has 1 aromatic carbocycles. The molecule has 0 bridgehead atoms. The fraction of sp³-hybridized carbons (Fsp3) is 0.562. The van der Waals surface area contributed by atoms with Gasteiger partial charge in [0, 0.05) is 13.1 Å². The molecule has 2 amide bonds. The van der Waals surface area contributed by atoms with Crippen LogP contribution in [0, 0.1) is 0 Å². The summed E-state index contributed by atoms with van der Waals surface area (Å²) < 4.78 is 28.7. The van der Waals surface area contributed by atoms with Gasteiger partial charge in [-0.25, -0.2) is 13.2 Å². The number of urea groups is 1. The molecular weight excluding hydrogens is 366 g/mol. The highest BCUT2D eigenvalue weighted by atomic mass is 35.5. The maximum absolute atomic E-state index is 12.4. The maximum atomic E-state index is 12.4. The lowest BCUT2D eigenvalue weighted by atomic mass is 10.0. The van der Waals surface area contributed by atoms with Crippen molar-refractivity contribution >= 4 is 38.8 Å². The second-order valence-corrected chi connectivity index (χ2v) is 9.31. The van der Waals surface area contributed by atoms with Crippen LogP contribution in [0.15, 0.2) is 18.2 Å². The van der Waals surface area contributed by atoms with E-state index in [1.165, 1.54) is 0 Å². The first kappa shape index (κ1) is 18.3. The molecular formula is C16H22ClN3O4S. The van der Waals surface area contributed by atoms with Gasteiger partial charge >= 0.3 is 6.03 Å². The van der Waals surface area contributed by atoms with E-state index in [9.17, 15) is 13.2 Å². The summed E-state index contributed by atoms with van der Waals surface area (Å²) in [5.74, 6) is 0.0548. The quantitative estimate of drug-likeness (QED) is 0.826. The number of anilines is 2. The number of carbonyl (C=O) groups excluding carboxylic acids is 1. The lowest BCUT2D eigenvalue weighted by Crippen LogP contribution is -2.48. The van der Waals surface area contributed by atoms with Gasteiger partial charge in [0.25, 0.3) is 0 Å². The molecule has 1 atom stereocenters. The van der Waals surface area contributed by atoms with Crippen LogP contribution in [0.3, 0.4) is 0 Å². The highest BCUT2D eigenvalue weighted by Gasteiger charge is 2.39. The second-order valence-electron chi connectivity index (χ2n) is 6.72. The Hall–Kier alpha value is -1.51. The molecule has 0 saturated carbocycles. The first-order chi connectivity index (χ1) is 11.8. The highest BCUT2D eigenvalue weighted by molar-refractivity contribution is 7.91. The van der Waals surface area contributed by atoms with E-state index in [-0.39, 0.29) is 11.5 Å². The largest absolute Gasteiger partial charge is 0.378 e. The van der Waals surface area contributed by atoms with Gasteiger partial charge in [-0.3, -0.25) is 0 Å². The zero-order valence-electron chi connectivity index (χ0n) is 14.0. The van der Waals surface area contributed by atoms with Crippen LogP contribution in [0.4, 0.5) is 16.2 Å². The van der Waals surface area contributed by atoms with Gasteiger partial charge in [-0.2, -0.15) is 0 Å². The number of sulfone groups is 1. The van der Waals surface area contributed by atoms with E-state index >= 15 is 0 Å². The predicted molar refractivity (Wildman–Crippen MR) is 98.3 cm³/mol. The van der Waals surface area contributed by atoms with Crippen molar-refractivity contribution in [2.24, 2.45) is 0 Å². The summed E-state index contributed by atoms with van der Waals surface area (Å²) in [5, 5.41) is 6.16. The zero-order valence-corrected chi connectivity index (χ0v) is 15.6. The van der Waals surface area contributed by atoms with E-state index in [0.29, 0.717) is 43.4 Å². The van der Waals surface area contributed by atoms with Gasteiger partial charge in [-0.15, -0.1) is 0 Å². The molecule has 138 valence electrons. The van der Waals surface area contributed by atoms with Crippen LogP contribution in [0.1, 0.15) is 13.3 Å². The van der Waals surface area contributed by atoms with Gasteiger partial charge in [-0.1, -0.05) is 17.7 Å². The molecule has 1 aromatic rings. The standard InChI is InChI=1S/C16H22ClN3O4S/c1-16(5-10-25(22,23)11-16)19-15(21)18-13-4-2-3-12(17)14(13)20-6-8-24-9-7-20/h2-4H,5-11H2,1H3,(H2,18,19,21)/t16-/m1/s1. The number of para-hydroxylation sites is 1. The van der Waals surface area contributed by atoms with E-state index in [1.807, 2.05) is 0 Å². The number of nitrogens with one attached hydrogen (secondary N) is 2. The normalized spacial score (nSPS) is 25.6. The van der Waals surface area contributed by atoms with Crippen LogP contribution >= 0.6 is 11.6 Å². The summed E-state index contributed by atoms with van der Waals surface area (Å²) in [5.41, 5.74) is 0.601. The Kier molecular flexibility index (Phi) is 5.13. The van der Waals surface area contributed by atoms with Gasteiger partial charge in [0.05, 0.1) is 46.7 Å². The molecule has 2 N–H and O–H groups in total. The molecule has 9 heteroatoms. The minimum absolute atomic E-state index is 0.0424. The minimum atomic E-state index is -3.09. The predicted octanol–water partition coefficient (Wildman–Crippen LogP) is 1.88. The van der Waals surface area contributed by atoms with Crippen molar-refractivity contribution < 1.29 is 17.9 Å². The summed E-state index contributed by atoms with van der Waals surface area (Å²) in [4.78, 5) is 14.5. The van der Waals surface area contributed by atoms with Crippen molar-refractivity contribution in [2.45, 2.75) is 18.9 Å². The number of amides is 2. The van der Waals surface area contributed by atoms with Crippen molar-refractivity contribution in [1.29, 1.82) is 0 Å². The van der Waals surface area contributed by atoms with Gasteiger partial charge in [0.2, 0.25) is 0 Å². The first-order valence-electron chi connectivity index (χ1n) is 8.19. The van der Waals surface area contributed by atoms with Crippen LogP contribution in [0.2, 0.25) is 5.02 Å². The van der Waals surface area contributed by atoms with E-state index in [1.54, 1.807) is 25.1 Å². The number of carbonyl (C=O) groups is 1. The molecule has 0 radical (unpaired) electrons. The summed E-state index contributed by atoms with van der Waals surface area (Å²) >= 11 is 6.35. The van der Waals surface area contributed by atoms with E-state index in [2.05, 4.69) is 15.5 Å². The number of benzene rings is 1. The van der Waals surface area contributed by atoms with E-state index in [4.69, 9.17) is 16.3 Å². The van der Waals surface area contributed by atoms with Crippen molar-refractivity contribution in [3.63, 3.8) is 0 Å². The molecule has 0 aromatic heterocycles. The zero-order chi connectivity index (χ0) is 18.1. The maximum Gasteiger partial charge on any atom is 0.319 e. The molecule has 0 aliphatic carbocycles. The molecule has 25 heavy (non-hydrogen) atoms. The Morgan fingerprint density at radius 1 is 1.32 bits per heavy atom. The summed E-state index contributed by atoms with van der Waals surface area (Å²) in [7, 11) is -3.09. The van der Waals surface area contributed by atoms with E-state index in [0.717, 1.165) is 5.69 Å².